The van der Waals surface area contributed by atoms with Crippen LogP contribution in [0.3, 0.4) is 0 Å². The molecule has 22 heavy (non-hydrogen) atoms. The molecule has 122 valence electrons. The van der Waals surface area contributed by atoms with Crippen molar-refractivity contribution in [3.63, 3.8) is 0 Å². The second-order valence-corrected chi connectivity index (χ2v) is 7.63. The second-order valence-electron chi connectivity index (χ2n) is 6.85. The molecule has 1 saturated heterocycles. The number of rotatable bonds is 6. The zero-order valence-electron chi connectivity index (χ0n) is 13.5. The van der Waals surface area contributed by atoms with Crippen molar-refractivity contribution in [1.29, 1.82) is 0 Å². The minimum Gasteiger partial charge on any atom is -0.369 e. The van der Waals surface area contributed by atoms with Gasteiger partial charge in [-0.2, -0.15) is 11.3 Å². The van der Waals surface area contributed by atoms with Crippen LogP contribution in [-0.2, 0) is 16.1 Å². The van der Waals surface area contributed by atoms with Gasteiger partial charge < -0.3 is 15.0 Å². The van der Waals surface area contributed by atoms with Gasteiger partial charge in [0.05, 0.1) is 6.10 Å². The molecule has 1 amide bonds. The number of carbonyl (C=O) groups excluding carboxylic acids is 1. The van der Waals surface area contributed by atoms with Gasteiger partial charge >= 0.3 is 0 Å². The lowest BCUT2D eigenvalue weighted by atomic mass is 9.93. The first-order chi connectivity index (χ1) is 10.6. The fourth-order valence-electron chi connectivity index (χ4n) is 3.50. The van der Waals surface area contributed by atoms with Crippen molar-refractivity contribution >= 4 is 17.2 Å². The minimum absolute atomic E-state index is 0.0963. The predicted molar refractivity (Wildman–Crippen MR) is 88.9 cm³/mol. The van der Waals surface area contributed by atoms with E-state index < -0.39 is 0 Å². The van der Waals surface area contributed by atoms with Crippen molar-refractivity contribution in [1.82, 2.24) is 10.2 Å². The van der Waals surface area contributed by atoms with E-state index in [1.165, 1.54) is 18.4 Å². The molecule has 1 saturated carbocycles. The third-order valence-corrected chi connectivity index (χ3v) is 5.65. The molecule has 4 nitrogen and oxygen atoms in total. The summed E-state index contributed by atoms with van der Waals surface area (Å²) in [7, 11) is 0. The highest BCUT2D eigenvalue weighted by Gasteiger charge is 2.57. The fourth-order valence-corrected chi connectivity index (χ4v) is 4.16. The summed E-state index contributed by atoms with van der Waals surface area (Å²) < 4.78 is 5.56. The Balaban J connectivity index is 1.68. The number of piperidine rings is 1. The summed E-state index contributed by atoms with van der Waals surface area (Å²) in [6, 6.07) is 2.52. The van der Waals surface area contributed by atoms with Gasteiger partial charge in [-0.1, -0.05) is 0 Å². The molecule has 2 heterocycles. The number of thiophene rings is 1. The highest BCUT2D eigenvalue weighted by Crippen LogP contribution is 2.56. The monoisotopic (exact) mass is 322 g/mol. The van der Waals surface area contributed by atoms with Crippen molar-refractivity contribution in [2.24, 2.45) is 5.41 Å². The van der Waals surface area contributed by atoms with Crippen molar-refractivity contribution in [3.05, 3.63) is 22.4 Å². The quantitative estimate of drug-likeness (QED) is 0.875. The zero-order valence-corrected chi connectivity index (χ0v) is 14.3. The molecule has 1 N–H and O–H groups in total. The molecule has 1 aromatic rings. The summed E-state index contributed by atoms with van der Waals surface area (Å²) in [5.74, 6) is 0.139. The minimum atomic E-state index is 0.0963. The van der Waals surface area contributed by atoms with Gasteiger partial charge in [0.15, 0.2) is 0 Å². The van der Waals surface area contributed by atoms with Gasteiger partial charge in [0.1, 0.15) is 6.61 Å². The number of hydrogen-bond donors (Lipinski definition) is 1. The number of hydrogen-bond acceptors (Lipinski definition) is 4. The Morgan fingerprint density at radius 1 is 1.50 bits per heavy atom. The molecule has 0 aromatic carbocycles. The van der Waals surface area contributed by atoms with E-state index in [1.807, 2.05) is 13.8 Å². The summed E-state index contributed by atoms with van der Waals surface area (Å²) in [5, 5.41) is 7.65. The van der Waals surface area contributed by atoms with E-state index in [0.717, 1.165) is 26.1 Å². The molecule has 2 aliphatic rings. The molecule has 0 radical (unpaired) electrons. The molecule has 1 aliphatic heterocycles. The largest absolute Gasteiger partial charge is 0.369 e. The lowest BCUT2D eigenvalue weighted by Gasteiger charge is -2.29. The lowest BCUT2D eigenvalue weighted by molar-refractivity contribution is -0.139. The van der Waals surface area contributed by atoms with E-state index in [1.54, 1.807) is 11.3 Å². The normalized spacial score (nSPS) is 23.0. The maximum Gasteiger partial charge on any atom is 0.249 e. The SMILES string of the molecule is CC(C)OCC(=O)N(Cc1ccsc1)C1CC12CCNCC2. The molecule has 1 spiro atoms. The Hall–Kier alpha value is -0.910. The number of nitrogens with one attached hydrogen (secondary N) is 1. The van der Waals surface area contributed by atoms with E-state index in [4.69, 9.17) is 4.74 Å². The Labute approximate surface area is 136 Å². The molecule has 3 rings (SSSR count). The van der Waals surface area contributed by atoms with Gasteiger partial charge in [-0.15, -0.1) is 0 Å². The van der Waals surface area contributed by atoms with Crippen LogP contribution in [0.4, 0.5) is 0 Å². The van der Waals surface area contributed by atoms with E-state index in [-0.39, 0.29) is 18.6 Å². The van der Waals surface area contributed by atoms with Crippen molar-refractivity contribution in [2.75, 3.05) is 19.7 Å². The van der Waals surface area contributed by atoms with Gasteiger partial charge in [-0.05, 0) is 74.0 Å². The molecule has 2 fully saturated rings. The van der Waals surface area contributed by atoms with E-state index in [0.29, 0.717) is 11.5 Å². The smallest absolute Gasteiger partial charge is 0.249 e. The lowest BCUT2D eigenvalue weighted by Crippen LogP contribution is -2.40. The summed E-state index contributed by atoms with van der Waals surface area (Å²) >= 11 is 1.69. The zero-order chi connectivity index (χ0) is 15.6. The maximum absolute atomic E-state index is 12.7. The fraction of sp³-hybridized carbons (Fsp3) is 0.706. The number of carbonyl (C=O) groups is 1. The highest BCUT2D eigenvalue weighted by atomic mass is 32.1. The number of ether oxygens (including phenoxy) is 1. The van der Waals surface area contributed by atoms with Gasteiger partial charge in [0.2, 0.25) is 5.91 Å². The first kappa shape index (κ1) is 16.0. The van der Waals surface area contributed by atoms with E-state index in [2.05, 4.69) is 27.0 Å². The third kappa shape index (κ3) is 3.53. The van der Waals surface area contributed by atoms with Crippen LogP contribution < -0.4 is 5.32 Å². The molecule has 1 aliphatic carbocycles. The van der Waals surface area contributed by atoms with Crippen LogP contribution in [0, 0.1) is 5.41 Å². The van der Waals surface area contributed by atoms with Gasteiger partial charge in [-0.3, -0.25) is 4.79 Å². The van der Waals surface area contributed by atoms with Crippen LogP contribution in [0.25, 0.3) is 0 Å². The topological polar surface area (TPSA) is 41.6 Å². The number of nitrogens with zero attached hydrogens (tertiary/aromatic N) is 1. The highest BCUT2D eigenvalue weighted by molar-refractivity contribution is 7.07. The van der Waals surface area contributed by atoms with Gasteiger partial charge in [0.25, 0.3) is 0 Å². The molecule has 5 heteroatoms. The van der Waals surface area contributed by atoms with Crippen LogP contribution in [0.15, 0.2) is 16.8 Å². The second kappa shape index (κ2) is 6.69. The van der Waals surface area contributed by atoms with Crippen molar-refractivity contribution in [3.8, 4) is 0 Å². The Kier molecular flexibility index (Phi) is 4.85. The van der Waals surface area contributed by atoms with Crippen LogP contribution in [0.2, 0.25) is 0 Å². The molecule has 1 unspecified atom stereocenters. The number of amides is 1. The Bertz CT molecular complexity index is 495. The molecular weight excluding hydrogens is 296 g/mol. The Morgan fingerprint density at radius 2 is 2.27 bits per heavy atom. The first-order valence-electron chi connectivity index (χ1n) is 8.24. The average molecular weight is 322 g/mol. The average Bonchev–Trinajstić information content (AvgIpc) is 2.95. The summed E-state index contributed by atoms with van der Waals surface area (Å²) in [5.41, 5.74) is 1.60. The molecular formula is C17H26N2O2S. The van der Waals surface area contributed by atoms with Crippen molar-refractivity contribution < 1.29 is 9.53 Å². The molecule has 1 atom stereocenters. The summed E-state index contributed by atoms with van der Waals surface area (Å²) in [4.78, 5) is 14.7. The van der Waals surface area contributed by atoms with E-state index >= 15 is 0 Å². The standard InChI is InChI=1S/C17H26N2O2S/c1-13(2)21-11-16(20)19(10-14-3-8-22-12-14)15-9-17(15)4-6-18-7-5-17/h3,8,12-13,15,18H,4-7,9-11H2,1-2H3. The molecule has 1 aromatic heterocycles. The predicted octanol–water partition coefficient (Wildman–Crippen LogP) is 2.64. The van der Waals surface area contributed by atoms with Crippen LogP contribution in [0.5, 0.6) is 0 Å². The summed E-state index contributed by atoms with van der Waals surface area (Å²) in [6.45, 7) is 7.04. The van der Waals surface area contributed by atoms with Gasteiger partial charge in [-0.25, -0.2) is 0 Å². The maximum atomic E-state index is 12.7. The van der Waals surface area contributed by atoms with Crippen LogP contribution in [-0.4, -0.2) is 42.6 Å². The van der Waals surface area contributed by atoms with Crippen molar-refractivity contribution in [2.45, 2.75) is 51.8 Å². The van der Waals surface area contributed by atoms with Crippen LogP contribution >= 0.6 is 11.3 Å². The Morgan fingerprint density at radius 3 is 2.91 bits per heavy atom. The first-order valence-corrected chi connectivity index (χ1v) is 9.18. The molecule has 0 bridgehead atoms. The third-order valence-electron chi connectivity index (χ3n) is 4.92. The van der Waals surface area contributed by atoms with E-state index in [9.17, 15) is 4.79 Å². The van der Waals surface area contributed by atoms with Crippen LogP contribution in [0.1, 0.15) is 38.7 Å². The van der Waals surface area contributed by atoms with Gasteiger partial charge in [0, 0.05) is 12.6 Å². The summed E-state index contributed by atoms with van der Waals surface area (Å²) in [6.07, 6.45) is 3.64.